The van der Waals surface area contributed by atoms with E-state index in [4.69, 9.17) is 5.84 Å². The molecule has 0 atom stereocenters. The number of carbonyl (C=O) groups excluding carboxylic acids is 1. The van der Waals surface area contributed by atoms with Crippen LogP contribution in [0.3, 0.4) is 0 Å². The maximum Gasteiger partial charge on any atom is 0.300 e. The fourth-order valence-corrected chi connectivity index (χ4v) is 1.47. The SMILES string of the molecule is C=CCNc1c([N+](=O)[O-])cc(C(=O)NN)cc1[N+](=O)[O-]. The molecule has 4 N–H and O–H groups in total. The first-order chi connectivity index (χ1) is 9.42. The minimum Gasteiger partial charge on any atom is -0.370 e. The van der Waals surface area contributed by atoms with Gasteiger partial charge in [0.25, 0.3) is 17.3 Å². The van der Waals surface area contributed by atoms with Gasteiger partial charge in [0.2, 0.25) is 0 Å². The lowest BCUT2D eigenvalue weighted by Gasteiger charge is -2.07. The Kier molecular flexibility index (Phi) is 4.70. The summed E-state index contributed by atoms with van der Waals surface area (Å²) in [6.07, 6.45) is 1.38. The van der Waals surface area contributed by atoms with Crippen molar-refractivity contribution in [1.82, 2.24) is 5.43 Å². The number of nitrogen functional groups attached to an aromatic ring is 1. The van der Waals surface area contributed by atoms with Gasteiger partial charge in [-0.25, -0.2) is 5.84 Å². The summed E-state index contributed by atoms with van der Waals surface area (Å²) in [6, 6.07) is 1.81. The summed E-state index contributed by atoms with van der Waals surface area (Å²) in [5, 5.41) is 24.5. The van der Waals surface area contributed by atoms with Gasteiger partial charge in [-0.2, -0.15) is 0 Å². The third-order valence-electron chi connectivity index (χ3n) is 2.31. The Morgan fingerprint density at radius 3 is 2.15 bits per heavy atom. The van der Waals surface area contributed by atoms with Gasteiger partial charge in [0.1, 0.15) is 0 Å². The van der Waals surface area contributed by atoms with E-state index in [0.29, 0.717) is 0 Å². The molecule has 1 aromatic carbocycles. The van der Waals surface area contributed by atoms with Gasteiger partial charge in [0, 0.05) is 18.7 Å². The molecule has 1 amide bonds. The molecule has 0 unspecified atom stereocenters. The number of anilines is 1. The highest BCUT2D eigenvalue weighted by Crippen LogP contribution is 2.35. The van der Waals surface area contributed by atoms with Crippen LogP contribution in [-0.4, -0.2) is 22.3 Å². The number of nitrogens with two attached hydrogens (primary N) is 1. The Morgan fingerprint density at radius 2 is 1.80 bits per heavy atom. The van der Waals surface area contributed by atoms with Crippen molar-refractivity contribution in [2.75, 3.05) is 11.9 Å². The average molecular weight is 281 g/mol. The van der Waals surface area contributed by atoms with Crippen LogP contribution in [0.1, 0.15) is 10.4 Å². The molecular weight excluding hydrogens is 270 g/mol. The minimum absolute atomic E-state index is 0.0874. The molecule has 0 aliphatic heterocycles. The summed E-state index contributed by atoms with van der Waals surface area (Å²) in [6.45, 7) is 3.49. The fraction of sp³-hybridized carbons (Fsp3) is 0.100. The maximum atomic E-state index is 11.4. The van der Waals surface area contributed by atoms with E-state index < -0.39 is 27.1 Å². The fourth-order valence-electron chi connectivity index (χ4n) is 1.47. The van der Waals surface area contributed by atoms with E-state index >= 15 is 0 Å². The molecule has 0 spiro atoms. The van der Waals surface area contributed by atoms with Crippen LogP contribution in [0, 0.1) is 20.2 Å². The van der Waals surface area contributed by atoms with Gasteiger partial charge in [-0.15, -0.1) is 6.58 Å². The summed E-state index contributed by atoms with van der Waals surface area (Å²) in [7, 11) is 0. The van der Waals surface area contributed by atoms with Crippen molar-refractivity contribution in [3.63, 3.8) is 0 Å². The monoisotopic (exact) mass is 281 g/mol. The van der Waals surface area contributed by atoms with Crippen molar-refractivity contribution >= 4 is 23.0 Å². The Balaban J connectivity index is 3.53. The summed E-state index contributed by atoms with van der Waals surface area (Å²) in [4.78, 5) is 31.7. The van der Waals surface area contributed by atoms with E-state index in [-0.39, 0.29) is 17.8 Å². The number of benzene rings is 1. The second-order valence-corrected chi connectivity index (χ2v) is 3.55. The lowest BCUT2D eigenvalue weighted by Crippen LogP contribution is -2.30. The first kappa shape index (κ1) is 15.0. The highest BCUT2D eigenvalue weighted by molar-refractivity contribution is 5.97. The highest BCUT2D eigenvalue weighted by Gasteiger charge is 2.28. The second-order valence-electron chi connectivity index (χ2n) is 3.55. The molecule has 20 heavy (non-hydrogen) atoms. The van der Waals surface area contributed by atoms with E-state index in [2.05, 4.69) is 11.9 Å². The molecule has 0 saturated heterocycles. The third-order valence-corrected chi connectivity index (χ3v) is 2.31. The topological polar surface area (TPSA) is 153 Å². The largest absolute Gasteiger partial charge is 0.370 e. The lowest BCUT2D eigenvalue weighted by atomic mass is 10.1. The quantitative estimate of drug-likeness (QED) is 0.228. The first-order valence-corrected chi connectivity index (χ1v) is 5.25. The van der Waals surface area contributed by atoms with Crippen LogP contribution >= 0.6 is 0 Å². The Hall–Kier alpha value is -3.01. The van der Waals surface area contributed by atoms with Crippen molar-refractivity contribution in [3.05, 3.63) is 50.6 Å². The number of nitrogens with zero attached hydrogens (tertiary/aromatic N) is 2. The Bertz CT molecular complexity index is 550. The van der Waals surface area contributed by atoms with Gasteiger partial charge in [0.05, 0.1) is 15.4 Å². The molecule has 0 aromatic heterocycles. The van der Waals surface area contributed by atoms with E-state index in [9.17, 15) is 25.0 Å². The van der Waals surface area contributed by atoms with Gasteiger partial charge in [-0.05, 0) is 0 Å². The van der Waals surface area contributed by atoms with Crippen LogP contribution in [0.2, 0.25) is 0 Å². The Morgan fingerprint density at radius 1 is 1.30 bits per heavy atom. The number of hydrogen-bond donors (Lipinski definition) is 3. The van der Waals surface area contributed by atoms with Crippen molar-refractivity contribution in [2.45, 2.75) is 0 Å². The minimum atomic E-state index is -0.869. The van der Waals surface area contributed by atoms with Crippen LogP contribution in [0.15, 0.2) is 24.8 Å². The molecule has 10 nitrogen and oxygen atoms in total. The second kappa shape index (κ2) is 6.24. The molecule has 0 aliphatic carbocycles. The number of nitro groups is 2. The van der Waals surface area contributed by atoms with Crippen LogP contribution < -0.4 is 16.6 Å². The molecular formula is C10H11N5O5. The van der Waals surface area contributed by atoms with Gasteiger partial charge >= 0.3 is 0 Å². The molecule has 10 heteroatoms. The summed E-state index contributed by atoms with van der Waals surface area (Å²) < 4.78 is 0. The number of rotatable bonds is 6. The maximum absolute atomic E-state index is 11.4. The number of amides is 1. The van der Waals surface area contributed by atoms with Crippen LogP contribution in [0.25, 0.3) is 0 Å². The van der Waals surface area contributed by atoms with Gasteiger partial charge in [-0.3, -0.25) is 30.4 Å². The average Bonchev–Trinajstić information content (AvgIpc) is 2.42. The number of hydrazine groups is 1. The highest BCUT2D eigenvalue weighted by atomic mass is 16.6. The Labute approximate surface area is 112 Å². The normalized spacial score (nSPS) is 9.65. The first-order valence-electron chi connectivity index (χ1n) is 5.25. The zero-order chi connectivity index (χ0) is 15.3. The summed E-state index contributed by atoms with van der Waals surface area (Å²) in [5.74, 6) is 4.04. The molecule has 1 aromatic rings. The predicted molar refractivity (Wildman–Crippen MR) is 70.1 cm³/mol. The van der Waals surface area contributed by atoms with Crippen molar-refractivity contribution < 1.29 is 14.6 Å². The van der Waals surface area contributed by atoms with Crippen LogP contribution in [0.4, 0.5) is 17.1 Å². The lowest BCUT2D eigenvalue weighted by molar-refractivity contribution is -0.392. The summed E-state index contributed by atoms with van der Waals surface area (Å²) in [5.41, 5.74) is -0.0197. The number of hydrogen-bond acceptors (Lipinski definition) is 7. The molecule has 0 fully saturated rings. The van der Waals surface area contributed by atoms with Crippen molar-refractivity contribution in [1.29, 1.82) is 0 Å². The molecule has 1 rings (SSSR count). The third kappa shape index (κ3) is 3.05. The van der Waals surface area contributed by atoms with Gasteiger partial charge in [0.15, 0.2) is 5.69 Å². The summed E-state index contributed by atoms with van der Waals surface area (Å²) >= 11 is 0. The van der Waals surface area contributed by atoms with Gasteiger partial charge < -0.3 is 5.32 Å². The molecule has 0 bridgehead atoms. The van der Waals surface area contributed by atoms with Crippen LogP contribution in [-0.2, 0) is 0 Å². The molecule has 0 aliphatic rings. The molecule has 0 heterocycles. The zero-order valence-electron chi connectivity index (χ0n) is 10.2. The molecule has 0 radical (unpaired) electrons. The predicted octanol–water partition coefficient (Wildman–Crippen LogP) is 0.704. The smallest absolute Gasteiger partial charge is 0.300 e. The van der Waals surface area contributed by atoms with E-state index in [1.54, 1.807) is 5.43 Å². The number of nitro benzene ring substituents is 2. The zero-order valence-corrected chi connectivity index (χ0v) is 10.2. The number of nitrogens with one attached hydrogen (secondary N) is 2. The van der Waals surface area contributed by atoms with E-state index in [1.807, 2.05) is 0 Å². The van der Waals surface area contributed by atoms with Gasteiger partial charge in [-0.1, -0.05) is 6.08 Å². The van der Waals surface area contributed by atoms with E-state index in [1.165, 1.54) is 6.08 Å². The van der Waals surface area contributed by atoms with Crippen LogP contribution in [0.5, 0.6) is 0 Å². The van der Waals surface area contributed by atoms with Crippen molar-refractivity contribution in [3.8, 4) is 0 Å². The van der Waals surface area contributed by atoms with Crippen molar-refractivity contribution in [2.24, 2.45) is 5.84 Å². The van der Waals surface area contributed by atoms with E-state index in [0.717, 1.165) is 12.1 Å². The standard InChI is InChI=1S/C10H11N5O5/c1-2-3-12-9-7(14(17)18)4-6(10(16)13-11)5-8(9)15(19)20/h2,4-5,12H,1,3,11H2,(H,13,16). The molecule has 106 valence electrons. The molecule has 0 saturated carbocycles. The number of carbonyl (C=O) groups is 1.